The van der Waals surface area contributed by atoms with Gasteiger partial charge in [0.25, 0.3) is 0 Å². The van der Waals surface area contributed by atoms with Crippen LogP contribution in [0.3, 0.4) is 0 Å². The van der Waals surface area contributed by atoms with Crippen molar-refractivity contribution in [1.29, 1.82) is 0 Å². The van der Waals surface area contributed by atoms with Gasteiger partial charge in [0, 0.05) is 49.1 Å². The van der Waals surface area contributed by atoms with Crippen LogP contribution in [0.15, 0.2) is 109 Å². The van der Waals surface area contributed by atoms with E-state index in [1.807, 2.05) is 35.2 Å². The lowest BCUT2D eigenvalue weighted by Crippen LogP contribution is -2.29. The standard InChI is InChI=1S/C36H36N2O3/c1-40-34-19-18-29(22-35(34)41-26-28-14-6-3-7-15-28)31(23-36(39)37-20-10-11-21-37)32-25-38(24-27-12-4-2-5-13-27)33-17-9-8-16-30(32)33/h2-9,12-19,22,25,31H,10-11,20-21,23-24,26H2,1H3. The average Bonchev–Trinajstić information content (AvgIpc) is 3.69. The van der Waals surface area contributed by atoms with Crippen LogP contribution < -0.4 is 9.47 Å². The van der Waals surface area contributed by atoms with Crippen molar-refractivity contribution in [3.63, 3.8) is 0 Å². The fraction of sp³-hybridized carbons (Fsp3) is 0.250. The molecule has 0 aliphatic carbocycles. The number of hydrogen-bond donors (Lipinski definition) is 0. The molecule has 2 heterocycles. The van der Waals surface area contributed by atoms with Crippen molar-refractivity contribution < 1.29 is 14.3 Å². The highest BCUT2D eigenvalue weighted by Gasteiger charge is 2.27. The number of ether oxygens (including phenoxy) is 2. The first-order valence-electron chi connectivity index (χ1n) is 14.4. The molecule has 0 saturated carbocycles. The van der Waals surface area contributed by atoms with Gasteiger partial charge >= 0.3 is 0 Å². The summed E-state index contributed by atoms with van der Waals surface area (Å²) in [4.78, 5) is 15.6. The predicted molar refractivity (Wildman–Crippen MR) is 164 cm³/mol. The van der Waals surface area contributed by atoms with Gasteiger partial charge in [-0.1, -0.05) is 84.9 Å². The van der Waals surface area contributed by atoms with Gasteiger partial charge < -0.3 is 18.9 Å². The number of carbonyl (C=O) groups excluding carboxylic acids is 1. The number of rotatable bonds is 10. The number of benzene rings is 4. The molecule has 5 aromatic rings. The van der Waals surface area contributed by atoms with Gasteiger partial charge in [0.1, 0.15) is 6.61 Å². The van der Waals surface area contributed by atoms with Crippen molar-refractivity contribution in [2.24, 2.45) is 0 Å². The van der Waals surface area contributed by atoms with Crippen LogP contribution in [0.1, 0.15) is 47.4 Å². The van der Waals surface area contributed by atoms with Gasteiger partial charge in [0.05, 0.1) is 7.11 Å². The summed E-state index contributed by atoms with van der Waals surface area (Å²) >= 11 is 0. The molecule has 1 saturated heterocycles. The lowest BCUT2D eigenvalue weighted by molar-refractivity contribution is -0.130. The Morgan fingerprint density at radius 3 is 2.22 bits per heavy atom. The normalized spacial score (nSPS) is 13.8. The van der Waals surface area contributed by atoms with Crippen molar-refractivity contribution >= 4 is 16.8 Å². The number of fused-ring (bicyclic) bond motifs is 1. The number of hydrogen-bond acceptors (Lipinski definition) is 3. The first-order valence-corrected chi connectivity index (χ1v) is 14.4. The molecule has 0 bridgehead atoms. The minimum atomic E-state index is -0.130. The van der Waals surface area contributed by atoms with Crippen LogP contribution in [0, 0.1) is 0 Å². The lowest BCUT2D eigenvalue weighted by atomic mass is 9.87. The second-order valence-electron chi connectivity index (χ2n) is 10.7. The topological polar surface area (TPSA) is 43.7 Å². The maximum absolute atomic E-state index is 13.6. The molecule has 0 spiro atoms. The van der Waals surface area contributed by atoms with E-state index >= 15 is 0 Å². The van der Waals surface area contributed by atoms with Crippen molar-refractivity contribution in [2.45, 2.75) is 38.3 Å². The van der Waals surface area contributed by atoms with E-state index in [0.717, 1.165) is 49.2 Å². The van der Waals surface area contributed by atoms with Gasteiger partial charge in [0.15, 0.2) is 11.5 Å². The van der Waals surface area contributed by atoms with Crippen LogP contribution in [0.4, 0.5) is 0 Å². The Morgan fingerprint density at radius 1 is 0.805 bits per heavy atom. The molecule has 1 aromatic heterocycles. The predicted octanol–water partition coefficient (Wildman–Crippen LogP) is 7.42. The molecule has 1 unspecified atom stereocenters. The van der Waals surface area contributed by atoms with Gasteiger partial charge in [-0.15, -0.1) is 0 Å². The second kappa shape index (κ2) is 12.3. The van der Waals surface area contributed by atoms with Crippen LogP contribution in [-0.2, 0) is 17.9 Å². The third-order valence-electron chi connectivity index (χ3n) is 8.06. The Labute approximate surface area is 241 Å². The summed E-state index contributed by atoms with van der Waals surface area (Å²) in [7, 11) is 1.66. The maximum atomic E-state index is 13.6. The number of carbonyl (C=O) groups is 1. The molecule has 41 heavy (non-hydrogen) atoms. The van der Waals surface area contributed by atoms with Crippen LogP contribution in [-0.4, -0.2) is 35.6 Å². The molecule has 0 radical (unpaired) electrons. The van der Waals surface area contributed by atoms with Crippen molar-refractivity contribution in [1.82, 2.24) is 9.47 Å². The van der Waals surface area contributed by atoms with E-state index in [1.165, 1.54) is 16.5 Å². The van der Waals surface area contributed by atoms with Crippen LogP contribution >= 0.6 is 0 Å². The Bertz CT molecular complexity index is 1600. The van der Waals surface area contributed by atoms with E-state index in [2.05, 4.69) is 83.6 Å². The minimum Gasteiger partial charge on any atom is -0.493 e. The molecule has 1 atom stereocenters. The first kappa shape index (κ1) is 26.7. The smallest absolute Gasteiger partial charge is 0.223 e. The van der Waals surface area contributed by atoms with E-state index in [9.17, 15) is 4.79 Å². The molecular weight excluding hydrogens is 508 g/mol. The number of amides is 1. The molecule has 1 fully saturated rings. The Balaban J connectivity index is 1.40. The zero-order valence-corrected chi connectivity index (χ0v) is 23.5. The quantitative estimate of drug-likeness (QED) is 0.184. The van der Waals surface area contributed by atoms with Gasteiger partial charge in [-0.2, -0.15) is 0 Å². The highest BCUT2D eigenvalue weighted by molar-refractivity contribution is 5.87. The van der Waals surface area contributed by atoms with E-state index in [-0.39, 0.29) is 11.8 Å². The molecule has 4 aromatic carbocycles. The van der Waals surface area contributed by atoms with Crippen molar-refractivity contribution in [2.75, 3.05) is 20.2 Å². The molecule has 5 heteroatoms. The van der Waals surface area contributed by atoms with E-state index in [4.69, 9.17) is 9.47 Å². The summed E-state index contributed by atoms with van der Waals surface area (Å²) in [6, 6.07) is 35.3. The summed E-state index contributed by atoms with van der Waals surface area (Å²) in [5.41, 5.74) is 5.70. The fourth-order valence-electron chi connectivity index (χ4n) is 5.90. The van der Waals surface area contributed by atoms with Gasteiger partial charge in [-0.25, -0.2) is 0 Å². The Hall–Kier alpha value is -4.51. The molecule has 1 aliphatic heterocycles. The van der Waals surface area contributed by atoms with Gasteiger partial charge in [0.2, 0.25) is 5.91 Å². The molecular formula is C36H36N2O3. The summed E-state index contributed by atoms with van der Waals surface area (Å²) in [6.07, 6.45) is 4.80. The Morgan fingerprint density at radius 2 is 1.49 bits per heavy atom. The summed E-state index contributed by atoms with van der Waals surface area (Å²) in [5, 5.41) is 1.17. The van der Waals surface area contributed by atoms with Crippen LogP contribution in [0.25, 0.3) is 10.9 Å². The van der Waals surface area contributed by atoms with Crippen LogP contribution in [0.2, 0.25) is 0 Å². The summed E-state index contributed by atoms with van der Waals surface area (Å²) in [6.45, 7) is 2.89. The highest BCUT2D eigenvalue weighted by atomic mass is 16.5. The molecule has 0 N–H and O–H groups in total. The SMILES string of the molecule is COc1ccc(C(CC(=O)N2CCCC2)c2cn(Cc3ccccc3)c3ccccc23)cc1OCc1ccccc1. The van der Waals surface area contributed by atoms with E-state index in [1.54, 1.807) is 7.11 Å². The third kappa shape index (κ3) is 5.99. The molecule has 5 nitrogen and oxygen atoms in total. The molecule has 1 amide bonds. The van der Waals surface area contributed by atoms with Gasteiger partial charge in [-0.3, -0.25) is 4.79 Å². The second-order valence-corrected chi connectivity index (χ2v) is 10.7. The fourth-order valence-corrected chi connectivity index (χ4v) is 5.90. The molecule has 6 rings (SSSR count). The Kier molecular flexibility index (Phi) is 8.04. The molecule has 208 valence electrons. The maximum Gasteiger partial charge on any atom is 0.223 e. The zero-order valence-electron chi connectivity index (χ0n) is 23.5. The van der Waals surface area contributed by atoms with Crippen molar-refractivity contribution in [3.05, 3.63) is 132 Å². The number of likely N-dealkylation sites (tertiary alicyclic amines) is 1. The summed E-state index contributed by atoms with van der Waals surface area (Å²) < 4.78 is 14.3. The van der Waals surface area contributed by atoms with E-state index in [0.29, 0.717) is 24.5 Å². The van der Waals surface area contributed by atoms with E-state index < -0.39 is 0 Å². The van der Waals surface area contributed by atoms with Gasteiger partial charge in [-0.05, 0) is 53.3 Å². The highest BCUT2D eigenvalue weighted by Crippen LogP contribution is 2.39. The monoisotopic (exact) mass is 544 g/mol. The number of aromatic nitrogens is 1. The van der Waals surface area contributed by atoms with Crippen LogP contribution in [0.5, 0.6) is 11.5 Å². The van der Waals surface area contributed by atoms with Crippen molar-refractivity contribution in [3.8, 4) is 11.5 Å². The zero-order chi connectivity index (χ0) is 28.0. The number of para-hydroxylation sites is 1. The summed E-state index contributed by atoms with van der Waals surface area (Å²) in [5.74, 6) is 1.44. The largest absolute Gasteiger partial charge is 0.493 e. The average molecular weight is 545 g/mol. The third-order valence-corrected chi connectivity index (χ3v) is 8.06. The number of methoxy groups -OCH3 is 1. The number of nitrogens with zero attached hydrogens (tertiary/aromatic N) is 2. The lowest BCUT2D eigenvalue weighted by Gasteiger charge is -2.22. The molecule has 1 aliphatic rings. The minimum absolute atomic E-state index is 0.130. The first-order chi connectivity index (χ1) is 20.2.